The molecule has 14 heavy (non-hydrogen) atoms. The van der Waals surface area contributed by atoms with Crippen LogP contribution in [0.2, 0.25) is 0 Å². The van der Waals surface area contributed by atoms with Crippen molar-refractivity contribution in [3.63, 3.8) is 0 Å². The summed E-state index contributed by atoms with van der Waals surface area (Å²) >= 11 is 0. The number of aldehydes is 1. The smallest absolute Gasteiger partial charge is 0.303 e. The van der Waals surface area contributed by atoms with Crippen LogP contribution in [-0.2, 0) is 14.3 Å². The zero-order valence-corrected chi connectivity index (χ0v) is 9.53. The molecule has 4 nitrogen and oxygen atoms in total. The summed E-state index contributed by atoms with van der Waals surface area (Å²) in [4.78, 5) is 19.7. The number of rotatable bonds is 2. The van der Waals surface area contributed by atoms with Crippen LogP contribution in [0.4, 0.5) is 0 Å². The number of aliphatic hydroxyl groups is 1. The van der Waals surface area contributed by atoms with Gasteiger partial charge in [0.15, 0.2) is 0 Å². The second-order valence-electron chi connectivity index (χ2n) is 3.96. The highest BCUT2D eigenvalue weighted by molar-refractivity contribution is 5.66. The third-order valence-electron chi connectivity index (χ3n) is 0.887. The normalized spacial score (nSPS) is 12.1. The van der Waals surface area contributed by atoms with E-state index in [0.29, 0.717) is 6.29 Å². The molecule has 1 unspecified atom stereocenters. The molecule has 0 aliphatic rings. The number of hydrogen-bond donors (Lipinski definition) is 1. The van der Waals surface area contributed by atoms with E-state index in [-0.39, 0.29) is 18.0 Å². The van der Waals surface area contributed by atoms with Crippen LogP contribution in [0, 0.1) is 0 Å². The number of aliphatic hydroxyl groups excluding tert-OH is 1. The fraction of sp³-hybridized carbons (Fsp3) is 0.800. The Hall–Kier alpha value is -0.900. The van der Waals surface area contributed by atoms with Crippen molar-refractivity contribution < 1.29 is 19.4 Å². The summed E-state index contributed by atoms with van der Waals surface area (Å²) < 4.78 is 4.80. The summed E-state index contributed by atoms with van der Waals surface area (Å²) in [6.45, 7) is 8.51. The van der Waals surface area contributed by atoms with E-state index < -0.39 is 6.10 Å². The zero-order valence-electron chi connectivity index (χ0n) is 9.53. The van der Waals surface area contributed by atoms with Crippen molar-refractivity contribution in [3.8, 4) is 0 Å². The van der Waals surface area contributed by atoms with Crippen molar-refractivity contribution in [1.82, 2.24) is 0 Å². The molecule has 0 aliphatic carbocycles. The van der Waals surface area contributed by atoms with E-state index in [1.54, 1.807) is 6.92 Å². The lowest BCUT2D eigenvalue weighted by molar-refractivity contribution is -0.151. The molecule has 0 saturated heterocycles. The van der Waals surface area contributed by atoms with Gasteiger partial charge in [-0.3, -0.25) is 4.79 Å². The van der Waals surface area contributed by atoms with Gasteiger partial charge in [0.25, 0.3) is 0 Å². The molecule has 1 N–H and O–H groups in total. The molecule has 0 spiro atoms. The molecule has 0 heterocycles. The highest BCUT2D eigenvalue weighted by Gasteiger charge is 2.11. The Morgan fingerprint density at radius 3 is 1.93 bits per heavy atom. The minimum Gasteiger partial charge on any atom is -0.460 e. The Bertz CT molecular complexity index is 167. The van der Waals surface area contributed by atoms with Crippen LogP contribution in [0.5, 0.6) is 0 Å². The zero-order chi connectivity index (χ0) is 11.8. The maximum atomic E-state index is 10.2. The summed E-state index contributed by atoms with van der Waals surface area (Å²) in [6.07, 6.45) is 0.479. The van der Waals surface area contributed by atoms with Gasteiger partial charge in [-0.25, -0.2) is 0 Å². The topological polar surface area (TPSA) is 63.6 Å². The van der Waals surface area contributed by atoms with E-state index in [1.807, 2.05) is 20.8 Å². The SMILES string of the molecule is CC(=O)OC(C)(C)C.CC(O)CC=O. The van der Waals surface area contributed by atoms with Crippen molar-refractivity contribution >= 4 is 12.3 Å². The van der Waals surface area contributed by atoms with E-state index in [1.165, 1.54) is 6.92 Å². The van der Waals surface area contributed by atoms with Crippen LogP contribution in [0.1, 0.15) is 41.0 Å². The molecule has 1 atom stereocenters. The minimum absolute atomic E-state index is 0.225. The molecule has 0 amide bonds. The van der Waals surface area contributed by atoms with Gasteiger partial charge in [0.05, 0.1) is 6.10 Å². The molecule has 0 radical (unpaired) electrons. The van der Waals surface area contributed by atoms with Gasteiger partial charge in [0.1, 0.15) is 11.9 Å². The quantitative estimate of drug-likeness (QED) is 0.544. The van der Waals surface area contributed by atoms with Crippen LogP contribution >= 0.6 is 0 Å². The van der Waals surface area contributed by atoms with Gasteiger partial charge < -0.3 is 14.6 Å². The summed E-state index contributed by atoms with van der Waals surface area (Å²) in [5.41, 5.74) is -0.328. The van der Waals surface area contributed by atoms with Gasteiger partial charge in [-0.1, -0.05) is 0 Å². The van der Waals surface area contributed by atoms with Crippen molar-refractivity contribution in [1.29, 1.82) is 0 Å². The Balaban J connectivity index is 0. The van der Waals surface area contributed by atoms with Crippen LogP contribution in [0.15, 0.2) is 0 Å². The first-order valence-corrected chi connectivity index (χ1v) is 4.50. The van der Waals surface area contributed by atoms with E-state index in [0.717, 1.165) is 0 Å². The first-order chi connectivity index (χ1) is 6.19. The van der Waals surface area contributed by atoms with Crippen LogP contribution in [0.3, 0.4) is 0 Å². The highest BCUT2D eigenvalue weighted by atomic mass is 16.6. The molecule has 0 aromatic heterocycles. The second-order valence-corrected chi connectivity index (χ2v) is 3.96. The fourth-order valence-electron chi connectivity index (χ4n) is 0.570. The second kappa shape index (κ2) is 7.50. The molecule has 0 aromatic rings. The van der Waals surface area contributed by atoms with Gasteiger partial charge in [-0.05, 0) is 27.7 Å². The molecular weight excluding hydrogens is 184 g/mol. The van der Waals surface area contributed by atoms with Gasteiger partial charge in [-0.2, -0.15) is 0 Å². The van der Waals surface area contributed by atoms with Crippen molar-refractivity contribution in [3.05, 3.63) is 0 Å². The maximum Gasteiger partial charge on any atom is 0.303 e. The average Bonchev–Trinajstić information content (AvgIpc) is 1.80. The van der Waals surface area contributed by atoms with Crippen LogP contribution < -0.4 is 0 Å². The van der Waals surface area contributed by atoms with Gasteiger partial charge in [0, 0.05) is 13.3 Å². The lowest BCUT2D eigenvalue weighted by Gasteiger charge is -2.17. The number of esters is 1. The van der Waals surface area contributed by atoms with E-state index >= 15 is 0 Å². The largest absolute Gasteiger partial charge is 0.460 e. The summed E-state index contributed by atoms with van der Waals surface area (Å²) in [5, 5.41) is 8.32. The van der Waals surface area contributed by atoms with E-state index in [9.17, 15) is 9.59 Å². The number of hydrogen-bond acceptors (Lipinski definition) is 4. The average molecular weight is 204 g/mol. The summed E-state index contributed by atoms with van der Waals surface area (Å²) in [6, 6.07) is 0. The van der Waals surface area contributed by atoms with Crippen molar-refractivity contribution in [2.45, 2.75) is 52.7 Å². The van der Waals surface area contributed by atoms with Gasteiger partial charge >= 0.3 is 5.97 Å². The molecule has 84 valence electrons. The van der Waals surface area contributed by atoms with Crippen molar-refractivity contribution in [2.24, 2.45) is 0 Å². The molecule has 0 bridgehead atoms. The molecular formula is C10H20O4. The Morgan fingerprint density at radius 1 is 1.50 bits per heavy atom. The monoisotopic (exact) mass is 204 g/mol. The molecule has 0 aromatic carbocycles. The molecule has 0 rings (SSSR count). The first-order valence-electron chi connectivity index (χ1n) is 4.50. The van der Waals surface area contributed by atoms with Gasteiger partial charge in [0.2, 0.25) is 0 Å². The fourth-order valence-corrected chi connectivity index (χ4v) is 0.570. The number of carbonyl (C=O) groups excluding carboxylic acids is 2. The van der Waals surface area contributed by atoms with E-state index in [2.05, 4.69) is 0 Å². The lowest BCUT2D eigenvalue weighted by Crippen LogP contribution is -2.21. The summed E-state index contributed by atoms with van der Waals surface area (Å²) in [7, 11) is 0. The summed E-state index contributed by atoms with van der Waals surface area (Å²) in [5.74, 6) is -0.225. The Labute approximate surface area is 85.3 Å². The molecule has 0 aliphatic heterocycles. The Morgan fingerprint density at radius 2 is 1.93 bits per heavy atom. The molecule has 0 saturated carbocycles. The maximum absolute atomic E-state index is 10.2. The third-order valence-corrected chi connectivity index (χ3v) is 0.887. The third kappa shape index (κ3) is 22.5. The van der Waals surface area contributed by atoms with Gasteiger partial charge in [-0.15, -0.1) is 0 Å². The predicted octanol–water partition coefficient (Wildman–Crippen LogP) is 1.30. The standard InChI is InChI=1S/C6H12O2.C4H8O2/c1-5(7)8-6(2,3)4;1-4(6)2-3-5/h1-4H3;3-4,6H,2H2,1H3. The number of carbonyl (C=O) groups is 2. The number of ether oxygens (including phenoxy) is 1. The van der Waals surface area contributed by atoms with Crippen molar-refractivity contribution in [2.75, 3.05) is 0 Å². The first kappa shape index (κ1) is 15.6. The predicted molar refractivity (Wildman–Crippen MR) is 53.9 cm³/mol. The minimum atomic E-state index is -0.470. The van der Waals surface area contributed by atoms with E-state index in [4.69, 9.17) is 9.84 Å². The molecule has 0 fully saturated rings. The Kier molecular flexibility index (Phi) is 8.34. The molecule has 4 heteroatoms. The van der Waals surface area contributed by atoms with Crippen LogP contribution in [-0.4, -0.2) is 29.1 Å². The lowest BCUT2D eigenvalue weighted by atomic mass is 10.2. The highest BCUT2D eigenvalue weighted by Crippen LogP contribution is 2.05. The van der Waals surface area contributed by atoms with Crippen LogP contribution in [0.25, 0.3) is 0 Å².